The highest BCUT2D eigenvalue weighted by molar-refractivity contribution is 7.10. The lowest BCUT2D eigenvalue weighted by Gasteiger charge is -2.31. The van der Waals surface area contributed by atoms with Crippen LogP contribution in [0.5, 0.6) is 0 Å². The van der Waals surface area contributed by atoms with Crippen molar-refractivity contribution < 1.29 is 9.59 Å². The average Bonchev–Trinajstić information content (AvgIpc) is 3.35. The van der Waals surface area contributed by atoms with E-state index in [-0.39, 0.29) is 11.8 Å². The molecule has 4 rings (SSSR count). The van der Waals surface area contributed by atoms with Gasteiger partial charge in [-0.15, -0.1) is 16.4 Å². The fraction of sp³-hybridized carbons (Fsp3) is 0.300. The molecule has 0 saturated heterocycles. The van der Waals surface area contributed by atoms with Gasteiger partial charge < -0.3 is 10.2 Å². The molecule has 1 N–H and O–H groups in total. The number of amides is 2. The van der Waals surface area contributed by atoms with Gasteiger partial charge in [0.05, 0.1) is 25.2 Å². The highest BCUT2D eigenvalue weighted by Crippen LogP contribution is 2.24. The number of aromatic nitrogens is 3. The number of nitrogens with one attached hydrogen (secondary N) is 1. The molecule has 7 nitrogen and oxygen atoms in total. The molecule has 3 aromatic rings. The summed E-state index contributed by atoms with van der Waals surface area (Å²) in [6, 6.07) is 13.4. The van der Waals surface area contributed by atoms with Crippen LogP contribution in [0.25, 0.3) is 0 Å². The third-order valence-electron chi connectivity index (χ3n) is 4.83. The quantitative estimate of drug-likeness (QED) is 0.695. The van der Waals surface area contributed by atoms with Crippen molar-refractivity contribution >= 4 is 23.2 Å². The van der Waals surface area contributed by atoms with Crippen LogP contribution >= 0.6 is 11.3 Å². The second-order valence-corrected chi connectivity index (χ2v) is 7.85. The van der Waals surface area contributed by atoms with Crippen molar-refractivity contribution in [3.8, 4) is 0 Å². The Labute approximate surface area is 167 Å². The summed E-state index contributed by atoms with van der Waals surface area (Å²) in [4.78, 5) is 27.7. The fourth-order valence-electron chi connectivity index (χ4n) is 3.34. The highest BCUT2D eigenvalue weighted by Gasteiger charge is 2.33. The van der Waals surface area contributed by atoms with Crippen LogP contribution in [-0.2, 0) is 35.6 Å². The van der Waals surface area contributed by atoms with Gasteiger partial charge in [-0.2, -0.15) is 0 Å². The van der Waals surface area contributed by atoms with Gasteiger partial charge >= 0.3 is 0 Å². The number of hydrogen-bond donors (Lipinski definition) is 1. The Balaban J connectivity index is 1.45. The summed E-state index contributed by atoms with van der Waals surface area (Å²) >= 11 is 1.56. The molecule has 0 spiro atoms. The summed E-state index contributed by atoms with van der Waals surface area (Å²) in [5.41, 5.74) is 2.66. The van der Waals surface area contributed by atoms with E-state index in [1.165, 1.54) is 0 Å². The van der Waals surface area contributed by atoms with E-state index in [0.717, 1.165) is 16.1 Å². The Kier molecular flexibility index (Phi) is 5.21. The molecule has 1 aromatic carbocycles. The van der Waals surface area contributed by atoms with Crippen LogP contribution in [0.3, 0.4) is 0 Å². The van der Waals surface area contributed by atoms with Crippen LogP contribution in [0, 0.1) is 0 Å². The molecule has 0 bridgehead atoms. The van der Waals surface area contributed by atoms with Gasteiger partial charge in [0.2, 0.25) is 11.8 Å². The number of benzene rings is 1. The predicted octanol–water partition coefficient (Wildman–Crippen LogP) is 2.30. The minimum atomic E-state index is -0.407. The molecular weight excluding hydrogens is 374 g/mol. The smallest absolute Gasteiger partial charge is 0.247 e. The number of nitrogens with zero attached hydrogens (tertiary/aromatic N) is 4. The molecule has 1 aliphatic rings. The standard InChI is InChI=1S/C20H21N5O2S/c1-14-20(27)24(12-15-6-3-2-4-7-15)13-18-17(22-23-25(14)18)11-21-19(26)10-16-8-5-9-28-16/h2-9,14H,10-13H2,1H3,(H,21,26). The van der Waals surface area contributed by atoms with E-state index < -0.39 is 6.04 Å². The van der Waals surface area contributed by atoms with E-state index in [1.807, 2.05) is 59.7 Å². The Bertz CT molecular complexity index is 968. The van der Waals surface area contributed by atoms with Crippen molar-refractivity contribution in [1.82, 2.24) is 25.2 Å². The Morgan fingerprint density at radius 1 is 1.25 bits per heavy atom. The normalized spacial score (nSPS) is 16.1. The van der Waals surface area contributed by atoms with Gasteiger partial charge in [-0.3, -0.25) is 9.59 Å². The zero-order valence-electron chi connectivity index (χ0n) is 15.5. The first-order valence-electron chi connectivity index (χ1n) is 9.16. The molecule has 28 heavy (non-hydrogen) atoms. The van der Waals surface area contributed by atoms with Crippen molar-refractivity contribution in [2.24, 2.45) is 0 Å². The third-order valence-corrected chi connectivity index (χ3v) is 5.71. The maximum atomic E-state index is 12.7. The average molecular weight is 395 g/mol. The van der Waals surface area contributed by atoms with Gasteiger partial charge in [0, 0.05) is 11.4 Å². The molecule has 0 aliphatic carbocycles. The molecular formula is C20H21N5O2S. The van der Waals surface area contributed by atoms with Gasteiger partial charge in [-0.05, 0) is 23.9 Å². The predicted molar refractivity (Wildman–Crippen MR) is 105 cm³/mol. The van der Waals surface area contributed by atoms with Crippen LogP contribution in [-0.4, -0.2) is 31.7 Å². The monoisotopic (exact) mass is 395 g/mol. The number of thiophene rings is 1. The molecule has 0 fully saturated rings. The molecule has 1 atom stereocenters. The van der Waals surface area contributed by atoms with Gasteiger partial charge in [0.1, 0.15) is 11.7 Å². The molecule has 0 saturated carbocycles. The first-order chi connectivity index (χ1) is 13.6. The minimum absolute atomic E-state index is 0.0227. The number of carbonyl (C=O) groups excluding carboxylic acids is 2. The molecule has 2 aromatic heterocycles. The first-order valence-corrected chi connectivity index (χ1v) is 10.0. The zero-order valence-corrected chi connectivity index (χ0v) is 16.4. The Hall–Kier alpha value is -3.00. The number of hydrogen-bond acceptors (Lipinski definition) is 5. The zero-order chi connectivity index (χ0) is 19.5. The van der Waals surface area contributed by atoms with E-state index in [9.17, 15) is 9.59 Å². The second-order valence-electron chi connectivity index (χ2n) is 6.82. The summed E-state index contributed by atoms with van der Waals surface area (Å²) in [6.07, 6.45) is 0.357. The molecule has 1 unspecified atom stereocenters. The van der Waals surface area contributed by atoms with Gasteiger partial charge in [0.25, 0.3) is 0 Å². The summed E-state index contributed by atoms with van der Waals surface area (Å²) in [5, 5.41) is 13.2. The topological polar surface area (TPSA) is 80.1 Å². The summed E-state index contributed by atoms with van der Waals surface area (Å²) in [7, 11) is 0. The minimum Gasteiger partial charge on any atom is -0.350 e. The van der Waals surface area contributed by atoms with Crippen LogP contribution in [0.1, 0.15) is 34.8 Å². The number of rotatable bonds is 6. The van der Waals surface area contributed by atoms with Crippen LogP contribution in [0.15, 0.2) is 47.8 Å². The molecule has 3 heterocycles. The van der Waals surface area contributed by atoms with Crippen molar-refractivity contribution in [1.29, 1.82) is 0 Å². The third kappa shape index (κ3) is 3.82. The summed E-state index contributed by atoms with van der Waals surface area (Å²) in [6.45, 7) is 3.11. The maximum absolute atomic E-state index is 12.7. The lowest BCUT2D eigenvalue weighted by Crippen LogP contribution is -2.41. The van der Waals surface area contributed by atoms with E-state index in [0.29, 0.717) is 31.7 Å². The fourth-order valence-corrected chi connectivity index (χ4v) is 4.04. The van der Waals surface area contributed by atoms with E-state index in [4.69, 9.17) is 0 Å². The summed E-state index contributed by atoms with van der Waals surface area (Å²) < 4.78 is 1.67. The molecule has 1 aliphatic heterocycles. The maximum Gasteiger partial charge on any atom is 0.247 e. The largest absolute Gasteiger partial charge is 0.350 e. The van der Waals surface area contributed by atoms with Gasteiger partial charge in [0.15, 0.2) is 0 Å². The van der Waals surface area contributed by atoms with Crippen LogP contribution in [0.2, 0.25) is 0 Å². The molecule has 8 heteroatoms. The van der Waals surface area contributed by atoms with Crippen molar-refractivity contribution in [3.63, 3.8) is 0 Å². The van der Waals surface area contributed by atoms with E-state index in [1.54, 1.807) is 16.0 Å². The van der Waals surface area contributed by atoms with Gasteiger partial charge in [-0.1, -0.05) is 41.6 Å². The van der Waals surface area contributed by atoms with Crippen molar-refractivity contribution in [2.45, 2.75) is 39.0 Å². The Morgan fingerprint density at radius 3 is 2.82 bits per heavy atom. The van der Waals surface area contributed by atoms with Crippen LogP contribution in [0.4, 0.5) is 0 Å². The molecule has 2 amide bonds. The highest BCUT2D eigenvalue weighted by atomic mass is 32.1. The lowest BCUT2D eigenvalue weighted by molar-refractivity contribution is -0.138. The number of carbonyl (C=O) groups is 2. The SMILES string of the molecule is CC1C(=O)N(Cc2ccccc2)Cc2c(CNC(=O)Cc3cccs3)nnn21. The second kappa shape index (κ2) is 7.93. The molecule has 144 valence electrons. The van der Waals surface area contributed by atoms with Gasteiger partial charge in [-0.25, -0.2) is 4.68 Å². The number of fused-ring (bicyclic) bond motifs is 1. The lowest BCUT2D eigenvalue weighted by atomic mass is 10.1. The molecule has 0 radical (unpaired) electrons. The van der Waals surface area contributed by atoms with Crippen molar-refractivity contribution in [2.75, 3.05) is 0 Å². The van der Waals surface area contributed by atoms with E-state index >= 15 is 0 Å². The van der Waals surface area contributed by atoms with Crippen LogP contribution < -0.4 is 5.32 Å². The van der Waals surface area contributed by atoms with E-state index in [2.05, 4.69) is 15.6 Å². The summed E-state index contributed by atoms with van der Waals surface area (Å²) in [5.74, 6) is -0.0280. The first kappa shape index (κ1) is 18.4. The van der Waals surface area contributed by atoms with Crippen molar-refractivity contribution in [3.05, 3.63) is 69.7 Å². The Morgan fingerprint density at radius 2 is 2.07 bits per heavy atom.